The lowest BCUT2D eigenvalue weighted by molar-refractivity contribution is 0.0904. The SMILES string of the molecule is CCC(c1ccccc1O)N1CCC(C)(C)CC1. The van der Waals surface area contributed by atoms with Crippen molar-refractivity contribution < 1.29 is 5.11 Å². The van der Waals surface area contributed by atoms with Crippen LogP contribution in [0.4, 0.5) is 0 Å². The zero-order valence-electron chi connectivity index (χ0n) is 11.8. The molecule has 0 saturated carbocycles. The van der Waals surface area contributed by atoms with Gasteiger partial charge in [0.25, 0.3) is 0 Å². The Morgan fingerprint density at radius 2 is 1.83 bits per heavy atom. The van der Waals surface area contributed by atoms with Gasteiger partial charge in [0.1, 0.15) is 5.75 Å². The van der Waals surface area contributed by atoms with Crippen LogP contribution in [0.15, 0.2) is 24.3 Å². The molecule has 1 aliphatic rings. The van der Waals surface area contributed by atoms with Crippen LogP contribution in [0.3, 0.4) is 0 Å². The van der Waals surface area contributed by atoms with Gasteiger partial charge < -0.3 is 5.11 Å². The molecule has 2 nitrogen and oxygen atoms in total. The number of benzene rings is 1. The largest absolute Gasteiger partial charge is 0.508 e. The highest BCUT2D eigenvalue weighted by molar-refractivity contribution is 5.34. The second kappa shape index (κ2) is 5.31. The first kappa shape index (κ1) is 13.4. The van der Waals surface area contributed by atoms with Crippen LogP contribution in [0, 0.1) is 5.41 Å². The molecule has 0 radical (unpaired) electrons. The smallest absolute Gasteiger partial charge is 0.120 e. The van der Waals surface area contributed by atoms with E-state index in [1.807, 2.05) is 12.1 Å². The standard InChI is InChI=1S/C16H25NO/c1-4-14(13-7-5-6-8-15(13)18)17-11-9-16(2,3)10-12-17/h5-8,14,18H,4,9-12H2,1-3H3. The number of nitrogens with zero attached hydrogens (tertiary/aromatic N) is 1. The number of aromatic hydroxyl groups is 1. The van der Waals surface area contributed by atoms with Gasteiger partial charge in [0.05, 0.1) is 0 Å². The summed E-state index contributed by atoms with van der Waals surface area (Å²) in [6, 6.07) is 8.13. The van der Waals surface area contributed by atoms with Gasteiger partial charge in [-0.25, -0.2) is 0 Å². The summed E-state index contributed by atoms with van der Waals surface area (Å²) in [5.74, 6) is 0.439. The van der Waals surface area contributed by atoms with E-state index >= 15 is 0 Å². The van der Waals surface area contributed by atoms with Gasteiger partial charge in [-0.1, -0.05) is 39.0 Å². The maximum atomic E-state index is 10.0. The number of hydrogen-bond donors (Lipinski definition) is 1. The molecule has 18 heavy (non-hydrogen) atoms. The fraction of sp³-hybridized carbons (Fsp3) is 0.625. The number of hydrogen-bond acceptors (Lipinski definition) is 2. The van der Waals surface area contributed by atoms with Crippen molar-refractivity contribution in [2.45, 2.75) is 46.1 Å². The van der Waals surface area contributed by atoms with Gasteiger partial charge in [0.15, 0.2) is 0 Å². The Balaban J connectivity index is 2.13. The first-order chi connectivity index (χ1) is 8.53. The Labute approximate surface area is 111 Å². The van der Waals surface area contributed by atoms with Crippen LogP contribution in [-0.2, 0) is 0 Å². The van der Waals surface area contributed by atoms with Gasteiger partial charge in [0, 0.05) is 11.6 Å². The number of rotatable bonds is 3. The molecule has 0 amide bonds. The van der Waals surface area contributed by atoms with E-state index in [1.54, 1.807) is 6.07 Å². The van der Waals surface area contributed by atoms with Gasteiger partial charge in [-0.05, 0) is 43.8 Å². The highest BCUT2D eigenvalue weighted by Crippen LogP contribution is 2.37. The molecule has 1 fully saturated rings. The fourth-order valence-corrected chi connectivity index (χ4v) is 2.89. The molecule has 1 aromatic rings. The zero-order chi connectivity index (χ0) is 13.2. The Kier molecular flexibility index (Phi) is 3.96. The third-order valence-electron chi connectivity index (χ3n) is 4.27. The summed E-state index contributed by atoms with van der Waals surface area (Å²) in [4.78, 5) is 2.53. The summed E-state index contributed by atoms with van der Waals surface area (Å²) >= 11 is 0. The fourth-order valence-electron chi connectivity index (χ4n) is 2.89. The highest BCUT2D eigenvalue weighted by Gasteiger charge is 2.29. The van der Waals surface area contributed by atoms with Crippen molar-refractivity contribution in [3.05, 3.63) is 29.8 Å². The quantitative estimate of drug-likeness (QED) is 0.873. The Bertz CT molecular complexity index is 390. The van der Waals surface area contributed by atoms with Crippen molar-refractivity contribution >= 4 is 0 Å². The lowest BCUT2D eigenvalue weighted by Crippen LogP contribution is -2.39. The summed E-state index contributed by atoms with van der Waals surface area (Å²) in [6.45, 7) is 9.19. The van der Waals surface area contributed by atoms with Crippen molar-refractivity contribution in [3.8, 4) is 5.75 Å². The number of para-hydroxylation sites is 1. The first-order valence-electron chi connectivity index (χ1n) is 7.05. The summed E-state index contributed by atoms with van der Waals surface area (Å²) in [6.07, 6.45) is 3.55. The third kappa shape index (κ3) is 2.86. The van der Waals surface area contributed by atoms with Crippen LogP contribution in [0.25, 0.3) is 0 Å². The van der Waals surface area contributed by atoms with Crippen LogP contribution in [0.5, 0.6) is 5.75 Å². The van der Waals surface area contributed by atoms with Crippen molar-refractivity contribution in [1.82, 2.24) is 4.90 Å². The molecule has 1 unspecified atom stereocenters. The van der Waals surface area contributed by atoms with Crippen LogP contribution in [0.2, 0.25) is 0 Å². The molecule has 1 heterocycles. The third-order valence-corrected chi connectivity index (χ3v) is 4.27. The molecule has 0 aromatic heterocycles. The molecule has 1 saturated heterocycles. The monoisotopic (exact) mass is 247 g/mol. The number of phenolic OH excluding ortho intramolecular Hbond substituents is 1. The second-order valence-electron chi connectivity index (χ2n) is 6.18. The minimum absolute atomic E-state index is 0.363. The van der Waals surface area contributed by atoms with Crippen LogP contribution in [0.1, 0.15) is 51.6 Å². The van der Waals surface area contributed by atoms with E-state index in [2.05, 4.69) is 31.7 Å². The van der Waals surface area contributed by atoms with E-state index < -0.39 is 0 Å². The molecule has 1 aliphatic heterocycles. The maximum absolute atomic E-state index is 10.0. The van der Waals surface area contributed by atoms with E-state index in [0.29, 0.717) is 17.2 Å². The van der Waals surface area contributed by atoms with Crippen molar-refractivity contribution in [1.29, 1.82) is 0 Å². The van der Waals surface area contributed by atoms with Gasteiger partial charge in [0.2, 0.25) is 0 Å². The topological polar surface area (TPSA) is 23.5 Å². The van der Waals surface area contributed by atoms with Gasteiger partial charge in [-0.2, -0.15) is 0 Å². The molecule has 1 atom stereocenters. The van der Waals surface area contributed by atoms with Crippen LogP contribution < -0.4 is 0 Å². The predicted molar refractivity (Wildman–Crippen MR) is 75.7 cm³/mol. The molecular weight excluding hydrogens is 222 g/mol. The van der Waals surface area contributed by atoms with E-state index in [-0.39, 0.29) is 0 Å². The molecule has 2 rings (SSSR count). The maximum Gasteiger partial charge on any atom is 0.120 e. The van der Waals surface area contributed by atoms with Crippen molar-refractivity contribution in [2.24, 2.45) is 5.41 Å². The molecule has 100 valence electrons. The summed E-state index contributed by atoms with van der Waals surface area (Å²) < 4.78 is 0. The number of piperidine rings is 1. The van der Waals surface area contributed by atoms with E-state index in [4.69, 9.17) is 0 Å². The molecular formula is C16H25NO. The number of phenols is 1. The molecule has 1 aromatic carbocycles. The summed E-state index contributed by atoms with van der Waals surface area (Å²) in [5, 5.41) is 10.0. The van der Waals surface area contributed by atoms with Gasteiger partial charge >= 0.3 is 0 Å². The first-order valence-corrected chi connectivity index (χ1v) is 7.05. The van der Waals surface area contributed by atoms with Crippen molar-refractivity contribution in [2.75, 3.05) is 13.1 Å². The van der Waals surface area contributed by atoms with Crippen LogP contribution in [-0.4, -0.2) is 23.1 Å². The number of likely N-dealkylation sites (tertiary alicyclic amines) is 1. The van der Waals surface area contributed by atoms with Gasteiger partial charge in [-0.15, -0.1) is 0 Å². The molecule has 0 spiro atoms. The minimum Gasteiger partial charge on any atom is -0.508 e. The van der Waals surface area contributed by atoms with Gasteiger partial charge in [-0.3, -0.25) is 4.90 Å². The average Bonchev–Trinajstić information content (AvgIpc) is 2.34. The van der Waals surface area contributed by atoms with E-state index in [9.17, 15) is 5.11 Å². The van der Waals surface area contributed by atoms with E-state index in [0.717, 1.165) is 25.1 Å². The minimum atomic E-state index is 0.363. The summed E-state index contributed by atoms with van der Waals surface area (Å²) in [7, 11) is 0. The Morgan fingerprint density at radius 1 is 1.22 bits per heavy atom. The lowest BCUT2D eigenvalue weighted by atomic mass is 9.81. The highest BCUT2D eigenvalue weighted by atomic mass is 16.3. The Hall–Kier alpha value is -1.02. The van der Waals surface area contributed by atoms with E-state index in [1.165, 1.54) is 12.8 Å². The Morgan fingerprint density at radius 3 is 2.39 bits per heavy atom. The summed E-state index contributed by atoms with van der Waals surface area (Å²) in [5.41, 5.74) is 1.56. The normalized spacial score (nSPS) is 21.7. The molecule has 1 N–H and O–H groups in total. The molecule has 0 aliphatic carbocycles. The predicted octanol–water partition coefficient (Wildman–Crippen LogP) is 3.97. The molecule has 2 heteroatoms. The average molecular weight is 247 g/mol. The lowest BCUT2D eigenvalue weighted by Gasteiger charge is -2.41. The van der Waals surface area contributed by atoms with Crippen LogP contribution >= 0.6 is 0 Å². The molecule has 0 bridgehead atoms. The zero-order valence-corrected chi connectivity index (χ0v) is 11.8. The second-order valence-corrected chi connectivity index (χ2v) is 6.18. The van der Waals surface area contributed by atoms with Crippen molar-refractivity contribution in [3.63, 3.8) is 0 Å².